The number of nitrogens with zero attached hydrogens (tertiary/aromatic N) is 1. The molecule has 2 nitrogen and oxygen atoms in total. The van der Waals surface area contributed by atoms with Gasteiger partial charge in [-0.05, 0) is 6.08 Å². The zero-order valence-electron chi connectivity index (χ0n) is 4.10. The molecule has 0 saturated carbocycles. The van der Waals surface area contributed by atoms with E-state index < -0.39 is 0 Å². The maximum absolute atomic E-state index is 7.04. The molecule has 0 fully saturated rings. The van der Waals surface area contributed by atoms with Gasteiger partial charge < -0.3 is 0 Å². The molecule has 0 aliphatic carbocycles. The third-order valence-electron chi connectivity index (χ3n) is 0.899. The maximum Gasteiger partial charge on any atom is 0.166 e. The SMILES string of the molecule is BC1=NC=CC1=N. The number of rotatable bonds is 0. The number of aliphatic imine (C=N–C) groups is 1. The standard InChI is InChI=1S/C4H5BN2/c5-4-3(6)1-2-7-4/h1-2,6H,5H2. The zero-order valence-corrected chi connectivity index (χ0v) is 4.10. The number of hydrogen-bond acceptors (Lipinski definition) is 2. The molecule has 0 saturated heterocycles. The third-order valence-corrected chi connectivity index (χ3v) is 0.899. The Morgan fingerprint density at radius 3 is 2.57 bits per heavy atom. The molecular formula is C4H5BN2. The van der Waals surface area contributed by atoms with Crippen LogP contribution in [0.25, 0.3) is 0 Å². The molecule has 1 aliphatic rings. The van der Waals surface area contributed by atoms with Crippen molar-refractivity contribution in [2.24, 2.45) is 4.99 Å². The molecule has 0 aromatic carbocycles. The fourth-order valence-corrected chi connectivity index (χ4v) is 0.414. The number of allylic oxidation sites excluding steroid dienone is 1. The van der Waals surface area contributed by atoms with Gasteiger partial charge in [0.2, 0.25) is 0 Å². The Labute approximate surface area is 42.9 Å². The van der Waals surface area contributed by atoms with Crippen molar-refractivity contribution in [1.29, 1.82) is 5.41 Å². The molecule has 0 atom stereocenters. The van der Waals surface area contributed by atoms with Gasteiger partial charge in [0, 0.05) is 11.8 Å². The van der Waals surface area contributed by atoms with Crippen LogP contribution in [-0.4, -0.2) is 19.2 Å². The largest absolute Gasteiger partial charge is 0.300 e. The monoisotopic (exact) mass is 92.1 g/mol. The maximum atomic E-state index is 7.04. The van der Waals surface area contributed by atoms with Crippen molar-refractivity contribution in [2.75, 3.05) is 0 Å². The van der Waals surface area contributed by atoms with Crippen molar-refractivity contribution >= 4 is 19.2 Å². The summed E-state index contributed by atoms with van der Waals surface area (Å²) in [6.45, 7) is 0. The normalized spacial score (nSPS) is 17.7. The molecule has 7 heavy (non-hydrogen) atoms. The van der Waals surface area contributed by atoms with E-state index >= 15 is 0 Å². The van der Waals surface area contributed by atoms with Crippen LogP contribution in [0.4, 0.5) is 0 Å². The average Bonchev–Trinajstić information content (AvgIpc) is 1.91. The summed E-state index contributed by atoms with van der Waals surface area (Å²) in [5.74, 6) is 0. The number of hydrogen-bond donors (Lipinski definition) is 1. The van der Waals surface area contributed by atoms with Crippen molar-refractivity contribution < 1.29 is 0 Å². The van der Waals surface area contributed by atoms with E-state index in [0.717, 1.165) is 5.61 Å². The second-order valence-corrected chi connectivity index (χ2v) is 1.44. The molecule has 1 heterocycles. The molecule has 3 heteroatoms. The van der Waals surface area contributed by atoms with Crippen LogP contribution in [0.3, 0.4) is 0 Å². The van der Waals surface area contributed by atoms with Crippen LogP contribution in [0.15, 0.2) is 17.3 Å². The van der Waals surface area contributed by atoms with Gasteiger partial charge in [-0.25, -0.2) is 0 Å². The molecule has 0 bridgehead atoms. The lowest BCUT2D eigenvalue weighted by atomic mass is 9.98. The van der Waals surface area contributed by atoms with E-state index in [1.54, 1.807) is 12.3 Å². The summed E-state index contributed by atoms with van der Waals surface area (Å²) in [5.41, 5.74) is 1.33. The summed E-state index contributed by atoms with van der Waals surface area (Å²) >= 11 is 0. The van der Waals surface area contributed by atoms with E-state index in [4.69, 9.17) is 5.41 Å². The molecule has 1 aliphatic heterocycles. The number of nitrogens with one attached hydrogen (secondary N) is 1. The molecule has 34 valence electrons. The lowest BCUT2D eigenvalue weighted by molar-refractivity contribution is 1.56. The highest BCUT2D eigenvalue weighted by atomic mass is 14.7. The van der Waals surface area contributed by atoms with Crippen LogP contribution in [0.1, 0.15) is 0 Å². The summed E-state index contributed by atoms with van der Waals surface area (Å²) < 4.78 is 0. The van der Waals surface area contributed by atoms with E-state index in [1.165, 1.54) is 0 Å². The van der Waals surface area contributed by atoms with E-state index in [9.17, 15) is 0 Å². The van der Waals surface area contributed by atoms with Gasteiger partial charge in [0.15, 0.2) is 7.85 Å². The predicted octanol–water partition coefficient (Wildman–Crippen LogP) is -0.435. The third kappa shape index (κ3) is 0.608. The molecule has 0 aromatic heterocycles. The predicted molar refractivity (Wildman–Crippen MR) is 32.8 cm³/mol. The van der Waals surface area contributed by atoms with E-state index in [0.29, 0.717) is 5.71 Å². The lowest BCUT2D eigenvalue weighted by Gasteiger charge is -1.82. The van der Waals surface area contributed by atoms with Crippen molar-refractivity contribution in [1.82, 2.24) is 0 Å². The Hall–Kier alpha value is -0.855. The van der Waals surface area contributed by atoms with Gasteiger partial charge in [-0.3, -0.25) is 10.4 Å². The minimum Gasteiger partial charge on any atom is -0.300 e. The first-order valence-corrected chi connectivity index (χ1v) is 2.10. The molecule has 0 amide bonds. The lowest BCUT2D eigenvalue weighted by Crippen LogP contribution is -2.04. The van der Waals surface area contributed by atoms with Crippen LogP contribution < -0.4 is 0 Å². The van der Waals surface area contributed by atoms with Crippen LogP contribution >= 0.6 is 0 Å². The van der Waals surface area contributed by atoms with E-state index in [2.05, 4.69) is 4.99 Å². The highest BCUT2D eigenvalue weighted by molar-refractivity contribution is 6.81. The van der Waals surface area contributed by atoms with Gasteiger partial charge >= 0.3 is 0 Å². The molecule has 0 radical (unpaired) electrons. The van der Waals surface area contributed by atoms with E-state index in [1.807, 2.05) is 7.85 Å². The average molecular weight is 91.9 g/mol. The second-order valence-electron chi connectivity index (χ2n) is 1.44. The fraction of sp³-hybridized carbons (Fsp3) is 0. The Bertz CT molecular complexity index is 157. The molecule has 0 unspecified atom stereocenters. The van der Waals surface area contributed by atoms with E-state index in [-0.39, 0.29) is 0 Å². The summed E-state index contributed by atoms with van der Waals surface area (Å²) in [6, 6.07) is 0. The topological polar surface area (TPSA) is 36.2 Å². The van der Waals surface area contributed by atoms with Crippen molar-refractivity contribution in [2.45, 2.75) is 0 Å². The second kappa shape index (κ2) is 1.33. The molecule has 0 spiro atoms. The van der Waals surface area contributed by atoms with Gasteiger partial charge in [0.05, 0.1) is 5.71 Å². The van der Waals surface area contributed by atoms with Gasteiger partial charge in [-0.1, -0.05) is 0 Å². The van der Waals surface area contributed by atoms with Crippen molar-refractivity contribution in [3.63, 3.8) is 0 Å². The highest BCUT2D eigenvalue weighted by Gasteiger charge is 1.98. The Balaban J connectivity index is 2.89. The Morgan fingerprint density at radius 2 is 2.43 bits per heavy atom. The minimum atomic E-state index is 0.528. The summed E-state index contributed by atoms with van der Waals surface area (Å²) in [5, 5.41) is 7.04. The molecule has 1 N–H and O–H groups in total. The summed E-state index contributed by atoms with van der Waals surface area (Å²) in [4.78, 5) is 3.83. The van der Waals surface area contributed by atoms with Crippen molar-refractivity contribution in [3.8, 4) is 0 Å². The van der Waals surface area contributed by atoms with Gasteiger partial charge in [-0.15, -0.1) is 0 Å². The highest BCUT2D eigenvalue weighted by Crippen LogP contribution is 1.90. The Kier molecular flexibility index (Phi) is 0.820. The molecule has 0 aromatic rings. The van der Waals surface area contributed by atoms with Crippen LogP contribution in [0.5, 0.6) is 0 Å². The molecular weight excluding hydrogens is 86.9 g/mol. The van der Waals surface area contributed by atoms with Crippen LogP contribution in [0, 0.1) is 5.41 Å². The summed E-state index contributed by atoms with van der Waals surface area (Å²) in [7, 11) is 1.82. The molecule has 1 rings (SSSR count). The van der Waals surface area contributed by atoms with Gasteiger partial charge in [0.25, 0.3) is 0 Å². The van der Waals surface area contributed by atoms with Gasteiger partial charge in [-0.2, -0.15) is 0 Å². The van der Waals surface area contributed by atoms with Crippen LogP contribution in [0.2, 0.25) is 0 Å². The minimum absolute atomic E-state index is 0.528. The fourth-order valence-electron chi connectivity index (χ4n) is 0.414. The smallest absolute Gasteiger partial charge is 0.166 e. The Morgan fingerprint density at radius 1 is 1.71 bits per heavy atom. The van der Waals surface area contributed by atoms with Gasteiger partial charge in [0.1, 0.15) is 0 Å². The first kappa shape index (κ1) is 4.31. The first-order chi connectivity index (χ1) is 3.30. The van der Waals surface area contributed by atoms with Crippen molar-refractivity contribution in [3.05, 3.63) is 12.3 Å². The first-order valence-electron chi connectivity index (χ1n) is 2.10. The summed E-state index contributed by atoms with van der Waals surface area (Å²) in [6.07, 6.45) is 3.31. The zero-order chi connectivity index (χ0) is 5.28. The van der Waals surface area contributed by atoms with Crippen LogP contribution in [-0.2, 0) is 0 Å². The quantitative estimate of drug-likeness (QED) is 0.393.